The van der Waals surface area contributed by atoms with Crippen LogP contribution in [0.1, 0.15) is 46.4 Å². The number of halogens is 1. The third-order valence-corrected chi connectivity index (χ3v) is 8.64. The molecule has 3 aromatic rings. The average molecular weight is 642 g/mol. The molecule has 1 aromatic carbocycles. The number of hydrogen-bond donors (Lipinski definition) is 1. The molecule has 0 bridgehead atoms. The number of anilines is 1. The Morgan fingerprint density at radius 2 is 1.66 bits per heavy atom. The summed E-state index contributed by atoms with van der Waals surface area (Å²) >= 11 is 9.24. The second-order valence-electron chi connectivity index (χ2n) is 8.14. The lowest BCUT2D eigenvalue weighted by molar-refractivity contribution is -0.143. The van der Waals surface area contributed by atoms with Gasteiger partial charge in [0.1, 0.15) is 16.4 Å². The van der Waals surface area contributed by atoms with Crippen LogP contribution < -0.4 is 10.1 Å². The van der Waals surface area contributed by atoms with Crippen LogP contribution in [0.3, 0.4) is 0 Å². The molecule has 2 aromatic heterocycles. The van der Waals surface area contributed by atoms with Gasteiger partial charge in [-0.15, -0.1) is 23.1 Å². The van der Waals surface area contributed by atoms with Gasteiger partial charge in [-0.1, -0.05) is 22.9 Å². The maximum Gasteiger partial charge on any atom is 0.348 e. The molecule has 0 atom stereocenters. The highest BCUT2D eigenvalue weighted by Gasteiger charge is 2.27. The number of fused-ring (bicyclic) bond motifs is 1. The minimum absolute atomic E-state index is 0.0837. The van der Waals surface area contributed by atoms with Crippen LogP contribution in [0.4, 0.5) is 5.00 Å². The van der Waals surface area contributed by atoms with Crippen molar-refractivity contribution in [2.24, 2.45) is 4.99 Å². The van der Waals surface area contributed by atoms with Crippen LogP contribution in [-0.2, 0) is 35.1 Å². The predicted octanol–water partition coefficient (Wildman–Crippen LogP) is 4.44. The summed E-state index contributed by atoms with van der Waals surface area (Å²) in [7, 11) is 0. The monoisotopic (exact) mass is 641 g/mol. The first-order chi connectivity index (χ1) is 19.6. The molecule has 0 saturated carbocycles. The summed E-state index contributed by atoms with van der Waals surface area (Å²) in [5, 5.41) is 3.30. The van der Waals surface area contributed by atoms with Gasteiger partial charge in [0, 0.05) is 5.02 Å². The third-order valence-electron chi connectivity index (χ3n) is 5.26. The fourth-order valence-electron chi connectivity index (χ4n) is 3.60. The number of aromatic nitrogens is 1. The molecule has 0 aliphatic heterocycles. The molecule has 11 nitrogen and oxygen atoms in total. The van der Waals surface area contributed by atoms with E-state index in [2.05, 4.69) is 10.3 Å². The molecule has 2 amide bonds. The number of carbonyl (C=O) groups excluding carboxylic acids is 5. The second-order valence-corrected chi connectivity index (χ2v) is 11.6. The lowest BCUT2D eigenvalue weighted by Crippen LogP contribution is -2.23. The SMILES string of the molecule is CCOC(=O)Cn1c(=NC(=O)CSCC(=O)Nc2sc(C(=O)OCC)c(C)c2C(=O)OCC)sc2cc(Cl)ccc21. The minimum atomic E-state index is -0.672. The van der Waals surface area contributed by atoms with Gasteiger partial charge in [0.25, 0.3) is 5.91 Å². The quantitative estimate of drug-likeness (QED) is 0.224. The molecule has 2 heterocycles. The number of ether oxygens (including phenoxy) is 3. The molecular weight excluding hydrogens is 614 g/mol. The van der Waals surface area contributed by atoms with Crippen molar-refractivity contribution in [3.8, 4) is 0 Å². The average Bonchev–Trinajstić information content (AvgIpc) is 3.40. The van der Waals surface area contributed by atoms with Crippen LogP contribution in [0.2, 0.25) is 5.02 Å². The number of benzene rings is 1. The van der Waals surface area contributed by atoms with E-state index in [9.17, 15) is 24.0 Å². The molecule has 0 unspecified atom stereocenters. The third kappa shape index (κ3) is 8.41. The van der Waals surface area contributed by atoms with Crippen molar-refractivity contribution in [2.45, 2.75) is 34.2 Å². The van der Waals surface area contributed by atoms with E-state index >= 15 is 0 Å². The maximum atomic E-state index is 12.7. The lowest BCUT2D eigenvalue weighted by Gasteiger charge is -2.07. The van der Waals surface area contributed by atoms with Gasteiger partial charge in [0.05, 0.1) is 47.1 Å². The molecule has 220 valence electrons. The van der Waals surface area contributed by atoms with Crippen LogP contribution in [0.25, 0.3) is 10.2 Å². The Labute approximate surface area is 252 Å². The van der Waals surface area contributed by atoms with Crippen LogP contribution in [-0.4, -0.2) is 65.6 Å². The zero-order valence-corrected chi connectivity index (χ0v) is 25.9. The number of nitrogens with zero attached hydrogens (tertiary/aromatic N) is 2. The molecule has 0 saturated heterocycles. The molecular formula is C26H28ClN3O8S3. The number of thiophene rings is 1. The topological polar surface area (TPSA) is 142 Å². The zero-order chi connectivity index (χ0) is 30.1. The highest BCUT2D eigenvalue weighted by Crippen LogP contribution is 2.34. The van der Waals surface area contributed by atoms with Gasteiger partial charge < -0.3 is 24.1 Å². The van der Waals surface area contributed by atoms with Gasteiger partial charge >= 0.3 is 17.9 Å². The van der Waals surface area contributed by atoms with Crippen molar-refractivity contribution in [3.63, 3.8) is 0 Å². The Hall–Kier alpha value is -3.20. The summed E-state index contributed by atoms with van der Waals surface area (Å²) in [6, 6.07) is 5.13. The number of hydrogen-bond acceptors (Lipinski definition) is 11. The van der Waals surface area contributed by atoms with E-state index < -0.39 is 29.7 Å². The van der Waals surface area contributed by atoms with Crippen molar-refractivity contribution < 1.29 is 38.2 Å². The number of carbonyl (C=O) groups is 5. The first-order valence-electron chi connectivity index (χ1n) is 12.5. The van der Waals surface area contributed by atoms with E-state index in [0.717, 1.165) is 27.8 Å². The number of thioether (sulfide) groups is 1. The molecule has 0 radical (unpaired) electrons. The van der Waals surface area contributed by atoms with Crippen molar-refractivity contribution in [1.29, 1.82) is 0 Å². The molecule has 0 aliphatic rings. The molecule has 1 N–H and O–H groups in total. The highest BCUT2D eigenvalue weighted by atomic mass is 35.5. The standard InChI is InChI=1S/C26H28ClN3O8S3/c1-5-36-20(33)11-30-16-9-8-15(27)10-17(16)40-26(30)29-19(32)13-39-12-18(31)28-23-21(24(34)37-6-2)14(4)22(41-23)25(35)38-7-3/h8-10H,5-7,11-13H2,1-4H3,(H,28,31). The first kappa shape index (κ1) is 32.3. The Morgan fingerprint density at radius 1 is 0.976 bits per heavy atom. The molecule has 0 fully saturated rings. The Kier molecular flexibility index (Phi) is 11.9. The van der Waals surface area contributed by atoms with Gasteiger partial charge in [0.2, 0.25) is 5.91 Å². The molecule has 3 rings (SSSR count). The van der Waals surface area contributed by atoms with E-state index in [-0.39, 0.29) is 53.3 Å². The maximum absolute atomic E-state index is 12.7. The number of esters is 3. The Morgan fingerprint density at radius 3 is 2.34 bits per heavy atom. The summed E-state index contributed by atoms with van der Waals surface area (Å²) in [4.78, 5) is 67.0. The van der Waals surface area contributed by atoms with Crippen molar-refractivity contribution in [3.05, 3.63) is 44.0 Å². The van der Waals surface area contributed by atoms with Crippen molar-refractivity contribution in [1.82, 2.24) is 4.57 Å². The van der Waals surface area contributed by atoms with Crippen LogP contribution in [0, 0.1) is 6.92 Å². The number of amides is 2. The van der Waals surface area contributed by atoms with Crippen LogP contribution in [0.15, 0.2) is 23.2 Å². The van der Waals surface area contributed by atoms with E-state index in [4.69, 9.17) is 25.8 Å². The second kappa shape index (κ2) is 15.1. The smallest absolute Gasteiger partial charge is 0.348 e. The van der Waals surface area contributed by atoms with Crippen LogP contribution in [0.5, 0.6) is 0 Å². The largest absolute Gasteiger partial charge is 0.465 e. The summed E-state index contributed by atoms with van der Waals surface area (Å²) < 4.78 is 17.5. The molecule has 0 aliphatic carbocycles. The van der Waals surface area contributed by atoms with Crippen molar-refractivity contribution in [2.75, 3.05) is 36.6 Å². The van der Waals surface area contributed by atoms with Gasteiger partial charge in [-0.05, 0) is 51.5 Å². The van der Waals surface area contributed by atoms with E-state index in [0.29, 0.717) is 20.9 Å². The summed E-state index contributed by atoms with van der Waals surface area (Å²) in [5.41, 5.74) is 1.11. The molecule has 41 heavy (non-hydrogen) atoms. The minimum Gasteiger partial charge on any atom is -0.465 e. The van der Waals surface area contributed by atoms with E-state index in [1.165, 1.54) is 11.3 Å². The zero-order valence-electron chi connectivity index (χ0n) is 22.7. The summed E-state index contributed by atoms with van der Waals surface area (Å²) in [6.45, 7) is 6.95. The predicted molar refractivity (Wildman–Crippen MR) is 159 cm³/mol. The first-order valence-corrected chi connectivity index (χ1v) is 15.6. The summed E-state index contributed by atoms with van der Waals surface area (Å²) in [6.07, 6.45) is 0. The van der Waals surface area contributed by atoms with Gasteiger partial charge in [-0.2, -0.15) is 4.99 Å². The van der Waals surface area contributed by atoms with Gasteiger partial charge in [-0.3, -0.25) is 14.4 Å². The number of rotatable bonds is 12. The normalized spacial score (nSPS) is 11.4. The van der Waals surface area contributed by atoms with Crippen molar-refractivity contribution >= 4 is 91.0 Å². The van der Waals surface area contributed by atoms with E-state index in [1.807, 2.05) is 0 Å². The van der Waals surface area contributed by atoms with Crippen LogP contribution >= 0.6 is 46.0 Å². The van der Waals surface area contributed by atoms with Gasteiger partial charge in [0.15, 0.2) is 4.80 Å². The fourth-order valence-corrected chi connectivity index (χ4v) is 6.62. The van der Waals surface area contributed by atoms with Gasteiger partial charge in [-0.25, -0.2) is 9.59 Å². The summed E-state index contributed by atoms with van der Waals surface area (Å²) in [5.74, 6) is -3.00. The lowest BCUT2D eigenvalue weighted by atomic mass is 10.1. The molecule has 0 spiro atoms. The van der Waals surface area contributed by atoms with E-state index in [1.54, 1.807) is 50.5 Å². The number of thiazole rings is 1. The highest BCUT2D eigenvalue weighted by molar-refractivity contribution is 8.00. The number of nitrogens with one attached hydrogen (secondary N) is 1. The fraction of sp³-hybridized carbons (Fsp3) is 0.385. The Bertz CT molecular complexity index is 1540. The molecule has 15 heteroatoms. The Balaban J connectivity index is 1.72.